The number of pyridine rings is 1. The second kappa shape index (κ2) is 7.52. The quantitative estimate of drug-likeness (QED) is 0.670. The van der Waals surface area contributed by atoms with Crippen molar-refractivity contribution in [3.63, 3.8) is 0 Å². The molecule has 2 atom stereocenters. The van der Waals surface area contributed by atoms with Crippen LogP contribution in [0.4, 0.5) is 0 Å². The summed E-state index contributed by atoms with van der Waals surface area (Å²) >= 11 is 6.33. The van der Waals surface area contributed by atoms with E-state index in [1.165, 1.54) is 0 Å². The molecule has 0 unspecified atom stereocenters. The van der Waals surface area contributed by atoms with Gasteiger partial charge in [-0.1, -0.05) is 41.9 Å². The van der Waals surface area contributed by atoms with E-state index in [-0.39, 0.29) is 6.04 Å². The van der Waals surface area contributed by atoms with Gasteiger partial charge in [-0.3, -0.25) is 5.32 Å². The van der Waals surface area contributed by atoms with E-state index in [2.05, 4.69) is 16.4 Å². The lowest BCUT2D eigenvalue weighted by atomic mass is 10.0. The number of fused-ring (bicyclic) bond motifs is 1. The summed E-state index contributed by atoms with van der Waals surface area (Å²) in [6, 6.07) is 19.1. The topological polar surface area (TPSA) is 57.9 Å². The smallest absolute Gasteiger partial charge is 0.135 e. The summed E-state index contributed by atoms with van der Waals surface area (Å²) in [6.07, 6.45) is 0. The van der Waals surface area contributed by atoms with E-state index in [9.17, 15) is 5.26 Å². The van der Waals surface area contributed by atoms with Crippen molar-refractivity contribution in [3.05, 3.63) is 70.9 Å². The summed E-state index contributed by atoms with van der Waals surface area (Å²) in [6.45, 7) is 2.01. The van der Waals surface area contributed by atoms with Gasteiger partial charge >= 0.3 is 0 Å². The van der Waals surface area contributed by atoms with E-state index in [1.54, 1.807) is 7.11 Å². The summed E-state index contributed by atoms with van der Waals surface area (Å²) in [4.78, 5) is 4.40. The molecular weight excluding hydrogens is 334 g/mol. The Kier molecular flexibility index (Phi) is 5.18. The average Bonchev–Trinajstić information content (AvgIpc) is 2.65. The highest BCUT2D eigenvalue weighted by atomic mass is 35.5. The number of nitrogens with one attached hydrogen (secondary N) is 1. The number of methoxy groups -OCH3 is 1. The summed E-state index contributed by atoms with van der Waals surface area (Å²) in [5.41, 5.74) is 2.56. The molecule has 2 aromatic carbocycles. The first-order valence-corrected chi connectivity index (χ1v) is 8.35. The minimum absolute atomic E-state index is 0.0295. The number of halogens is 1. The second-order valence-corrected chi connectivity index (χ2v) is 6.14. The number of hydrogen-bond acceptors (Lipinski definition) is 4. The van der Waals surface area contributed by atoms with E-state index < -0.39 is 6.04 Å². The number of aromatic nitrogens is 1. The minimum Gasteiger partial charge on any atom is -0.497 e. The van der Waals surface area contributed by atoms with Gasteiger partial charge in [0.05, 0.1) is 18.7 Å². The molecule has 1 N–H and O–H groups in total. The van der Waals surface area contributed by atoms with E-state index >= 15 is 0 Å². The van der Waals surface area contributed by atoms with Crippen LogP contribution >= 0.6 is 11.6 Å². The highest BCUT2D eigenvalue weighted by Gasteiger charge is 2.19. The van der Waals surface area contributed by atoms with E-state index in [1.807, 2.05) is 61.5 Å². The van der Waals surface area contributed by atoms with E-state index in [4.69, 9.17) is 16.3 Å². The Morgan fingerprint density at radius 2 is 1.88 bits per heavy atom. The number of rotatable bonds is 5. The first kappa shape index (κ1) is 17.2. The van der Waals surface area contributed by atoms with Crippen LogP contribution in [-0.2, 0) is 0 Å². The number of ether oxygens (including phenoxy) is 1. The maximum Gasteiger partial charge on any atom is 0.135 e. The van der Waals surface area contributed by atoms with Crippen molar-refractivity contribution in [1.29, 1.82) is 5.26 Å². The van der Waals surface area contributed by atoms with Crippen LogP contribution in [0.3, 0.4) is 0 Å². The molecule has 0 aliphatic carbocycles. The number of para-hydroxylation sites is 1. The summed E-state index contributed by atoms with van der Waals surface area (Å²) in [5.74, 6) is 0.801. The zero-order valence-electron chi connectivity index (χ0n) is 14.0. The molecule has 0 aliphatic rings. The third-order valence-corrected chi connectivity index (χ3v) is 4.48. The molecule has 0 aliphatic heterocycles. The fourth-order valence-electron chi connectivity index (χ4n) is 2.75. The molecule has 0 saturated carbocycles. The van der Waals surface area contributed by atoms with Crippen LogP contribution in [0.15, 0.2) is 54.6 Å². The highest BCUT2D eigenvalue weighted by Crippen LogP contribution is 2.28. The van der Waals surface area contributed by atoms with Crippen LogP contribution in [0, 0.1) is 11.3 Å². The molecule has 0 radical (unpaired) electrons. The number of benzene rings is 2. The van der Waals surface area contributed by atoms with E-state index in [0.29, 0.717) is 10.7 Å². The van der Waals surface area contributed by atoms with Gasteiger partial charge in [-0.05, 0) is 36.8 Å². The Hall–Kier alpha value is -2.61. The Bertz CT molecular complexity index is 918. The van der Waals surface area contributed by atoms with Crippen molar-refractivity contribution in [2.45, 2.75) is 19.0 Å². The first-order valence-electron chi connectivity index (χ1n) is 7.97. The standard InChI is InChI=1S/C20H18ClN3O/c1-13(14-7-9-16(25-2)10-8-14)23-19(12-22)17-11-15-5-3-4-6-18(15)24-20(17)21/h3-11,13,19,23H,1-2H3/t13-,19-/m1/s1. The molecule has 0 amide bonds. The number of nitriles is 1. The Morgan fingerprint density at radius 1 is 1.16 bits per heavy atom. The van der Waals surface area contributed by atoms with E-state index in [0.717, 1.165) is 22.2 Å². The highest BCUT2D eigenvalue weighted by molar-refractivity contribution is 6.30. The van der Waals surface area contributed by atoms with Crippen LogP contribution in [-0.4, -0.2) is 12.1 Å². The molecule has 0 spiro atoms. The zero-order valence-corrected chi connectivity index (χ0v) is 14.8. The van der Waals surface area contributed by atoms with Gasteiger partial charge < -0.3 is 4.74 Å². The Morgan fingerprint density at radius 3 is 2.56 bits per heavy atom. The van der Waals surface area contributed by atoms with Crippen LogP contribution in [0.2, 0.25) is 5.15 Å². The lowest BCUT2D eigenvalue weighted by Gasteiger charge is -2.20. The molecular formula is C20H18ClN3O. The zero-order chi connectivity index (χ0) is 17.8. The average molecular weight is 352 g/mol. The largest absolute Gasteiger partial charge is 0.497 e. The van der Waals surface area contributed by atoms with Gasteiger partial charge in [0.1, 0.15) is 16.9 Å². The summed E-state index contributed by atoms with van der Waals surface area (Å²) in [7, 11) is 1.64. The van der Waals surface area contributed by atoms with Crippen molar-refractivity contribution in [2.75, 3.05) is 7.11 Å². The van der Waals surface area contributed by atoms with Gasteiger partial charge in [-0.2, -0.15) is 5.26 Å². The number of hydrogen-bond donors (Lipinski definition) is 1. The van der Waals surface area contributed by atoms with Gasteiger partial charge in [-0.25, -0.2) is 4.98 Å². The normalized spacial score (nSPS) is 13.2. The van der Waals surface area contributed by atoms with Gasteiger partial charge in [0.2, 0.25) is 0 Å². The molecule has 0 saturated heterocycles. The predicted octanol–water partition coefficient (Wildman–Crippen LogP) is 4.81. The van der Waals surface area contributed by atoms with Crippen LogP contribution in [0.25, 0.3) is 10.9 Å². The maximum absolute atomic E-state index is 9.64. The van der Waals surface area contributed by atoms with Gasteiger partial charge in [-0.15, -0.1) is 0 Å². The molecule has 4 nitrogen and oxygen atoms in total. The Labute approximate surface area is 152 Å². The molecule has 126 valence electrons. The molecule has 0 fully saturated rings. The molecule has 5 heteroatoms. The maximum atomic E-state index is 9.64. The monoisotopic (exact) mass is 351 g/mol. The van der Waals surface area contributed by atoms with Crippen molar-refractivity contribution in [2.24, 2.45) is 0 Å². The molecule has 3 aromatic rings. The molecule has 3 rings (SSSR count). The van der Waals surface area contributed by atoms with Gasteiger partial charge in [0, 0.05) is 17.0 Å². The van der Waals surface area contributed by atoms with Crippen molar-refractivity contribution < 1.29 is 4.74 Å². The second-order valence-electron chi connectivity index (χ2n) is 5.78. The van der Waals surface area contributed by atoms with Crippen molar-refractivity contribution >= 4 is 22.5 Å². The fraction of sp³-hybridized carbons (Fsp3) is 0.200. The lowest BCUT2D eigenvalue weighted by Crippen LogP contribution is -2.24. The molecule has 1 aromatic heterocycles. The third-order valence-electron chi connectivity index (χ3n) is 4.18. The third kappa shape index (κ3) is 3.74. The SMILES string of the molecule is COc1ccc([C@@H](C)N[C@H](C#N)c2cc3ccccc3nc2Cl)cc1. The van der Waals surface area contributed by atoms with Crippen LogP contribution in [0.1, 0.15) is 30.1 Å². The first-order chi connectivity index (χ1) is 12.1. The summed E-state index contributed by atoms with van der Waals surface area (Å²) in [5, 5.41) is 14.3. The molecule has 1 heterocycles. The summed E-state index contributed by atoms with van der Waals surface area (Å²) < 4.78 is 5.18. The van der Waals surface area contributed by atoms with Gasteiger partial charge in [0.15, 0.2) is 0 Å². The van der Waals surface area contributed by atoms with Crippen LogP contribution in [0.5, 0.6) is 5.75 Å². The fourth-order valence-corrected chi connectivity index (χ4v) is 3.00. The van der Waals surface area contributed by atoms with Crippen LogP contribution < -0.4 is 10.1 Å². The predicted molar refractivity (Wildman–Crippen MR) is 99.7 cm³/mol. The van der Waals surface area contributed by atoms with Crippen molar-refractivity contribution in [1.82, 2.24) is 10.3 Å². The Balaban J connectivity index is 1.87. The minimum atomic E-state index is -0.554. The molecule has 0 bridgehead atoms. The van der Waals surface area contributed by atoms with Crippen molar-refractivity contribution in [3.8, 4) is 11.8 Å². The number of nitrogens with zero attached hydrogens (tertiary/aromatic N) is 2. The van der Waals surface area contributed by atoms with Gasteiger partial charge in [0.25, 0.3) is 0 Å². The lowest BCUT2D eigenvalue weighted by molar-refractivity contribution is 0.414. The molecule has 25 heavy (non-hydrogen) atoms.